The summed E-state index contributed by atoms with van der Waals surface area (Å²) in [5, 5.41) is 6.70. The molecule has 122 valence electrons. The van der Waals surface area contributed by atoms with Gasteiger partial charge >= 0.3 is 0 Å². The number of aromatic nitrogens is 2. The molecule has 0 fully saturated rings. The van der Waals surface area contributed by atoms with E-state index in [2.05, 4.69) is 34.4 Å². The largest absolute Gasteiger partial charge is 0.354 e. The molecule has 0 saturated carbocycles. The third-order valence-corrected chi connectivity index (χ3v) is 3.65. The monoisotopic (exact) mass is 352 g/mol. The Balaban J connectivity index is 1.97. The number of nitrogens with one attached hydrogen (secondary N) is 2. The first-order valence-electron chi connectivity index (χ1n) is 7.28. The molecule has 0 spiro atoms. The molecular weight excluding hydrogens is 335 g/mol. The van der Waals surface area contributed by atoms with E-state index in [4.69, 9.17) is 23.2 Å². The first-order chi connectivity index (χ1) is 11.0. The zero-order chi connectivity index (χ0) is 16.8. The molecule has 0 saturated heterocycles. The topological polar surface area (TPSA) is 66.9 Å². The molecule has 0 bridgehead atoms. The maximum Gasteiger partial charge on any atom is 0.258 e. The number of nitrogens with zero attached hydrogens (tertiary/aromatic N) is 2. The molecule has 0 radical (unpaired) electrons. The van der Waals surface area contributed by atoms with Gasteiger partial charge in [-0.2, -0.15) is 0 Å². The Kier molecular flexibility index (Phi) is 6.19. The lowest BCUT2D eigenvalue weighted by molar-refractivity contribution is 0.102. The molecule has 2 aromatic rings. The van der Waals surface area contributed by atoms with Gasteiger partial charge in [0.05, 0.1) is 16.3 Å². The molecule has 0 atom stereocenters. The van der Waals surface area contributed by atoms with Crippen molar-refractivity contribution in [3.8, 4) is 0 Å². The molecule has 0 aliphatic carbocycles. The molecule has 5 nitrogen and oxygen atoms in total. The van der Waals surface area contributed by atoms with Gasteiger partial charge in [0, 0.05) is 24.0 Å². The molecule has 0 unspecified atom stereocenters. The first-order valence-corrected chi connectivity index (χ1v) is 8.03. The number of halogens is 2. The van der Waals surface area contributed by atoms with Crippen molar-refractivity contribution in [2.45, 2.75) is 20.3 Å². The van der Waals surface area contributed by atoms with E-state index in [9.17, 15) is 4.79 Å². The van der Waals surface area contributed by atoms with Gasteiger partial charge in [0.15, 0.2) is 0 Å². The Labute approximate surface area is 145 Å². The van der Waals surface area contributed by atoms with E-state index in [1.165, 1.54) is 12.4 Å². The zero-order valence-electron chi connectivity index (χ0n) is 12.9. The second kappa shape index (κ2) is 8.13. The Morgan fingerprint density at radius 2 is 1.91 bits per heavy atom. The van der Waals surface area contributed by atoms with Crippen molar-refractivity contribution in [3.05, 3.63) is 46.2 Å². The highest BCUT2D eigenvalue weighted by Gasteiger charge is 2.10. The van der Waals surface area contributed by atoms with Crippen molar-refractivity contribution in [2.24, 2.45) is 5.92 Å². The highest BCUT2D eigenvalue weighted by atomic mass is 35.5. The summed E-state index contributed by atoms with van der Waals surface area (Å²) in [7, 11) is 0. The van der Waals surface area contributed by atoms with Gasteiger partial charge in [-0.3, -0.25) is 4.79 Å². The fourth-order valence-electron chi connectivity index (χ4n) is 1.79. The second-order valence-electron chi connectivity index (χ2n) is 5.48. The number of rotatable bonds is 6. The average Bonchev–Trinajstić information content (AvgIpc) is 2.50. The van der Waals surface area contributed by atoms with Crippen molar-refractivity contribution in [2.75, 3.05) is 17.2 Å². The van der Waals surface area contributed by atoms with Crippen molar-refractivity contribution >= 4 is 40.7 Å². The second-order valence-corrected chi connectivity index (χ2v) is 6.33. The van der Waals surface area contributed by atoms with Gasteiger partial charge in [0.25, 0.3) is 5.91 Å². The SMILES string of the molecule is CC(C)CCNc1ncc(C(=O)Nc2ccc(Cl)cc2Cl)cn1. The summed E-state index contributed by atoms with van der Waals surface area (Å²) in [5.74, 6) is 0.784. The summed E-state index contributed by atoms with van der Waals surface area (Å²) in [6, 6.07) is 4.86. The third kappa shape index (κ3) is 5.37. The van der Waals surface area contributed by atoms with E-state index in [0.29, 0.717) is 33.2 Å². The average molecular weight is 353 g/mol. The summed E-state index contributed by atoms with van der Waals surface area (Å²) in [6.07, 6.45) is 3.98. The van der Waals surface area contributed by atoms with Crippen LogP contribution in [0.5, 0.6) is 0 Å². The summed E-state index contributed by atoms with van der Waals surface area (Å²) in [6.45, 7) is 5.10. The molecule has 0 aliphatic heterocycles. The van der Waals surface area contributed by atoms with Crippen LogP contribution < -0.4 is 10.6 Å². The quantitative estimate of drug-likeness (QED) is 0.803. The van der Waals surface area contributed by atoms with Crippen LogP contribution >= 0.6 is 23.2 Å². The predicted molar refractivity (Wildman–Crippen MR) is 94.4 cm³/mol. The number of carbonyl (C=O) groups excluding carboxylic acids is 1. The van der Waals surface area contributed by atoms with Crippen molar-refractivity contribution < 1.29 is 4.79 Å². The molecule has 0 aliphatic rings. The molecular formula is C16H18Cl2N4O. The summed E-state index contributed by atoms with van der Waals surface area (Å²) < 4.78 is 0. The maximum absolute atomic E-state index is 12.2. The standard InChI is InChI=1S/C16H18Cl2N4O/c1-10(2)5-6-19-16-20-8-11(9-21-16)15(23)22-14-4-3-12(17)7-13(14)18/h3-4,7-10H,5-6H2,1-2H3,(H,22,23)(H,19,20,21). The van der Waals surface area contributed by atoms with Crippen molar-refractivity contribution in [1.82, 2.24) is 9.97 Å². The number of anilines is 2. The number of amides is 1. The van der Waals surface area contributed by atoms with Crippen molar-refractivity contribution in [1.29, 1.82) is 0 Å². The lowest BCUT2D eigenvalue weighted by Crippen LogP contribution is -2.14. The number of carbonyl (C=O) groups is 1. The van der Waals surface area contributed by atoms with Gasteiger partial charge in [0.1, 0.15) is 0 Å². The summed E-state index contributed by atoms with van der Waals surface area (Å²) >= 11 is 11.9. The lowest BCUT2D eigenvalue weighted by Gasteiger charge is -2.09. The van der Waals surface area contributed by atoms with E-state index in [0.717, 1.165) is 13.0 Å². The highest BCUT2D eigenvalue weighted by molar-refractivity contribution is 6.36. The normalized spacial score (nSPS) is 10.7. The minimum Gasteiger partial charge on any atom is -0.354 e. The van der Waals surface area contributed by atoms with Gasteiger partial charge in [0.2, 0.25) is 5.95 Å². The van der Waals surface area contributed by atoms with Gasteiger partial charge in [-0.05, 0) is 30.5 Å². The van der Waals surface area contributed by atoms with Crippen molar-refractivity contribution in [3.63, 3.8) is 0 Å². The maximum atomic E-state index is 12.2. The Morgan fingerprint density at radius 1 is 1.22 bits per heavy atom. The van der Waals surface area contributed by atoms with E-state index in [1.54, 1.807) is 18.2 Å². The summed E-state index contributed by atoms with van der Waals surface area (Å²) in [5.41, 5.74) is 0.839. The number of hydrogen-bond donors (Lipinski definition) is 2. The third-order valence-electron chi connectivity index (χ3n) is 3.10. The Hall–Kier alpha value is -1.85. The smallest absolute Gasteiger partial charge is 0.258 e. The molecule has 1 amide bonds. The minimum atomic E-state index is -0.331. The first kappa shape index (κ1) is 17.5. The van der Waals surface area contributed by atoms with Crippen LogP contribution in [0.1, 0.15) is 30.6 Å². The van der Waals surface area contributed by atoms with Gasteiger partial charge < -0.3 is 10.6 Å². The van der Waals surface area contributed by atoms with E-state index in [-0.39, 0.29) is 5.91 Å². The lowest BCUT2D eigenvalue weighted by atomic mass is 10.1. The Morgan fingerprint density at radius 3 is 2.52 bits per heavy atom. The number of benzene rings is 1. The molecule has 2 N–H and O–H groups in total. The fraction of sp³-hybridized carbons (Fsp3) is 0.312. The number of hydrogen-bond acceptors (Lipinski definition) is 4. The molecule has 7 heteroatoms. The van der Waals surface area contributed by atoms with Gasteiger partial charge in [-0.25, -0.2) is 9.97 Å². The van der Waals surface area contributed by atoms with Crippen LogP contribution in [0, 0.1) is 5.92 Å². The summed E-state index contributed by atoms with van der Waals surface area (Å²) in [4.78, 5) is 20.4. The van der Waals surface area contributed by atoms with Gasteiger partial charge in [-0.15, -0.1) is 0 Å². The van der Waals surface area contributed by atoms with Crippen LogP contribution in [-0.4, -0.2) is 22.4 Å². The predicted octanol–water partition coefficient (Wildman–Crippen LogP) is 4.49. The highest BCUT2D eigenvalue weighted by Crippen LogP contribution is 2.25. The molecule has 1 heterocycles. The molecule has 1 aromatic carbocycles. The van der Waals surface area contributed by atoms with Crippen LogP contribution in [0.2, 0.25) is 10.0 Å². The van der Waals surface area contributed by atoms with Crippen LogP contribution in [-0.2, 0) is 0 Å². The molecule has 1 aromatic heterocycles. The van der Waals surface area contributed by atoms with E-state index < -0.39 is 0 Å². The Bertz CT molecular complexity index is 674. The van der Waals surface area contributed by atoms with Gasteiger partial charge in [-0.1, -0.05) is 37.0 Å². The fourth-order valence-corrected chi connectivity index (χ4v) is 2.25. The zero-order valence-corrected chi connectivity index (χ0v) is 14.4. The van der Waals surface area contributed by atoms with E-state index in [1.807, 2.05) is 0 Å². The molecule has 2 rings (SSSR count). The van der Waals surface area contributed by atoms with Crippen LogP contribution in [0.15, 0.2) is 30.6 Å². The van der Waals surface area contributed by atoms with Crippen LogP contribution in [0.4, 0.5) is 11.6 Å². The van der Waals surface area contributed by atoms with Crippen LogP contribution in [0.3, 0.4) is 0 Å². The molecule has 23 heavy (non-hydrogen) atoms. The minimum absolute atomic E-state index is 0.331. The van der Waals surface area contributed by atoms with Crippen LogP contribution in [0.25, 0.3) is 0 Å². The van der Waals surface area contributed by atoms with E-state index >= 15 is 0 Å².